The number of aromatic nitrogens is 3. The largest absolute Gasteiger partial charge is 0.390 e. The average molecular weight is 573 g/mol. The van der Waals surface area contributed by atoms with Crippen LogP contribution >= 0.6 is 12.6 Å². The van der Waals surface area contributed by atoms with Gasteiger partial charge in [0.15, 0.2) is 0 Å². The fourth-order valence-corrected chi connectivity index (χ4v) is 7.60. The summed E-state index contributed by atoms with van der Waals surface area (Å²) in [5, 5.41) is 20.0. The minimum Gasteiger partial charge on any atom is -0.390 e. The first-order chi connectivity index (χ1) is 20.0. The molecule has 3 heterocycles. The van der Waals surface area contributed by atoms with E-state index in [0.29, 0.717) is 38.3 Å². The van der Waals surface area contributed by atoms with Crippen LogP contribution in [0.2, 0.25) is 0 Å². The average Bonchev–Trinajstić information content (AvgIpc) is 3.57. The number of amides is 1. The van der Waals surface area contributed by atoms with Crippen LogP contribution in [0.25, 0.3) is 10.8 Å². The van der Waals surface area contributed by atoms with E-state index in [0.717, 1.165) is 25.2 Å². The van der Waals surface area contributed by atoms with Crippen molar-refractivity contribution >= 4 is 35.0 Å². The number of benzene rings is 3. The maximum Gasteiger partial charge on any atom is 0.250 e. The van der Waals surface area contributed by atoms with Gasteiger partial charge in [0.25, 0.3) is 0 Å². The highest BCUT2D eigenvalue weighted by Gasteiger charge is 2.54. The molecule has 7 rings (SSSR count). The van der Waals surface area contributed by atoms with Crippen molar-refractivity contribution in [3.8, 4) is 0 Å². The molecule has 4 aromatic rings. The van der Waals surface area contributed by atoms with Gasteiger partial charge in [0.2, 0.25) is 5.91 Å². The van der Waals surface area contributed by atoms with Crippen LogP contribution in [0.4, 0.5) is 10.1 Å². The van der Waals surface area contributed by atoms with E-state index in [-0.39, 0.29) is 29.6 Å². The van der Waals surface area contributed by atoms with E-state index in [9.17, 15) is 14.3 Å². The molecule has 0 saturated carbocycles. The molecular formula is C31H33FN6O2S. The Balaban J connectivity index is 1.13. The van der Waals surface area contributed by atoms with Crippen LogP contribution in [0.3, 0.4) is 0 Å². The molecule has 2 saturated heterocycles. The third-order valence-corrected chi connectivity index (χ3v) is 9.85. The Bertz CT molecular complexity index is 1580. The van der Waals surface area contributed by atoms with E-state index >= 15 is 0 Å². The lowest BCUT2D eigenvalue weighted by Crippen LogP contribution is -2.58. The van der Waals surface area contributed by atoms with Gasteiger partial charge < -0.3 is 14.9 Å². The van der Waals surface area contributed by atoms with Gasteiger partial charge in [-0.15, -0.1) is 5.10 Å². The minimum absolute atomic E-state index is 0.0955. The van der Waals surface area contributed by atoms with E-state index in [4.69, 9.17) is 12.6 Å². The fourth-order valence-electron chi connectivity index (χ4n) is 7.09. The van der Waals surface area contributed by atoms with Gasteiger partial charge in [-0.3, -0.25) is 14.4 Å². The molecule has 1 N–H and O–H groups in total. The second kappa shape index (κ2) is 10.4. The number of aliphatic hydroxyl groups is 1. The second-order valence-electron chi connectivity index (χ2n) is 11.4. The normalized spacial score (nSPS) is 22.3. The molecule has 10 heteroatoms. The number of hydrogen-bond acceptors (Lipinski definition) is 7. The Hall–Kier alpha value is -3.47. The molecule has 1 aliphatic carbocycles. The lowest BCUT2D eigenvalue weighted by Gasteiger charge is -2.47. The van der Waals surface area contributed by atoms with Gasteiger partial charge in [-0.05, 0) is 65.4 Å². The highest BCUT2D eigenvalue weighted by atomic mass is 32.1. The number of anilines is 1. The number of aliphatic hydroxyl groups excluding tert-OH is 1. The van der Waals surface area contributed by atoms with Crippen molar-refractivity contribution in [2.45, 2.75) is 49.2 Å². The van der Waals surface area contributed by atoms with Crippen LogP contribution in [0.1, 0.15) is 34.9 Å². The highest BCUT2D eigenvalue weighted by Crippen LogP contribution is 2.44. The predicted molar refractivity (Wildman–Crippen MR) is 158 cm³/mol. The van der Waals surface area contributed by atoms with Gasteiger partial charge in [-0.1, -0.05) is 41.6 Å². The predicted octanol–water partition coefficient (Wildman–Crippen LogP) is 3.80. The molecule has 1 unspecified atom stereocenters. The third kappa shape index (κ3) is 4.49. The van der Waals surface area contributed by atoms with Crippen LogP contribution in [0.15, 0.2) is 66.9 Å². The van der Waals surface area contributed by atoms with E-state index in [1.165, 1.54) is 34.0 Å². The lowest BCUT2D eigenvalue weighted by atomic mass is 9.81. The molecule has 1 aromatic heterocycles. The van der Waals surface area contributed by atoms with Crippen LogP contribution in [-0.2, 0) is 24.4 Å². The molecule has 1 spiro atoms. The minimum atomic E-state index is -0.689. The molecule has 2 fully saturated rings. The Kier molecular flexibility index (Phi) is 6.72. The van der Waals surface area contributed by atoms with Crippen LogP contribution in [0, 0.1) is 5.82 Å². The maximum absolute atomic E-state index is 14.1. The molecule has 2 atom stereocenters. The number of carbonyl (C=O) groups excluding carboxylic acids is 1. The summed E-state index contributed by atoms with van der Waals surface area (Å²) in [4.78, 5) is 20.7. The van der Waals surface area contributed by atoms with Crippen molar-refractivity contribution in [1.29, 1.82) is 0 Å². The van der Waals surface area contributed by atoms with Gasteiger partial charge in [0, 0.05) is 36.6 Å². The summed E-state index contributed by atoms with van der Waals surface area (Å²) >= 11 is 5.14. The van der Waals surface area contributed by atoms with Crippen molar-refractivity contribution < 1.29 is 14.3 Å². The molecule has 2 aliphatic heterocycles. The van der Waals surface area contributed by atoms with E-state index in [1.54, 1.807) is 23.0 Å². The monoisotopic (exact) mass is 572 g/mol. The summed E-state index contributed by atoms with van der Waals surface area (Å²) in [6.45, 7) is 2.76. The van der Waals surface area contributed by atoms with Crippen LogP contribution in [-0.4, -0.2) is 73.7 Å². The van der Waals surface area contributed by atoms with Gasteiger partial charge in [0.1, 0.15) is 17.1 Å². The summed E-state index contributed by atoms with van der Waals surface area (Å²) in [7, 11) is 0. The summed E-state index contributed by atoms with van der Waals surface area (Å²) in [5.74, 6) is -0.191. The summed E-state index contributed by atoms with van der Waals surface area (Å²) in [6, 6.07) is 19.7. The number of nitrogens with zero attached hydrogens (tertiary/aromatic N) is 6. The number of rotatable bonds is 6. The molecule has 212 valence electrons. The number of piperidine rings is 1. The SMILES string of the molecule is O=C1N(CCn2cc(CO)nn2)CN(c2ccc(F)cc2)C12CCN([C@H]1Cc3cccc4cccc(c34)C1S)CC2. The molecule has 1 amide bonds. The van der Waals surface area contributed by atoms with Crippen LogP contribution in [0.5, 0.6) is 0 Å². The van der Waals surface area contributed by atoms with E-state index < -0.39 is 5.54 Å². The zero-order chi connectivity index (χ0) is 28.1. The first kappa shape index (κ1) is 26.4. The quantitative estimate of drug-likeness (QED) is 0.343. The fraction of sp³-hybridized carbons (Fsp3) is 0.387. The van der Waals surface area contributed by atoms with Crippen molar-refractivity contribution in [2.75, 3.05) is 31.2 Å². The zero-order valence-electron chi connectivity index (χ0n) is 22.7. The number of halogens is 1. The number of likely N-dealkylation sites (tertiary alicyclic amines) is 1. The van der Waals surface area contributed by atoms with Crippen molar-refractivity contribution in [3.05, 3.63) is 89.5 Å². The molecule has 0 bridgehead atoms. The Morgan fingerprint density at radius 1 is 1.02 bits per heavy atom. The second-order valence-corrected chi connectivity index (χ2v) is 11.9. The van der Waals surface area contributed by atoms with Crippen molar-refractivity contribution in [1.82, 2.24) is 24.8 Å². The standard InChI is InChI=1S/C31H33FN6O2S/c32-23-7-9-25(10-8-23)38-20-36(15-16-37-18-24(19-39)33-34-37)30(40)31(38)11-13-35(14-12-31)27-17-22-5-1-3-21-4-2-6-26(28(21)22)29(27)41/h1-10,18,27,29,39,41H,11-17,19-20H2/t27-,29?/m0/s1. The Labute approximate surface area is 243 Å². The molecule has 8 nitrogen and oxygen atoms in total. The summed E-state index contributed by atoms with van der Waals surface area (Å²) in [5.41, 5.74) is 3.31. The van der Waals surface area contributed by atoms with Crippen molar-refractivity contribution in [3.63, 3.8) is 0 Å². The summed E-state index contributed by atoms with van der Waals surface area (Å²) in [6.07, 6.45) is 4.00. The smallest absolute Gasteiger partial charge is 0.250 e. The van der Waals surface area contributed by atoms with Crippen LogP contribution < -0.4 is 4.90 Å². The molecule has 3 aliphatic rings. The molecule has 41 heavy (non-hydrogen) atoms. The first-order valence-electron chi connectivity index (χ1n) is 14.2. The zero-order valence-corrected chi connectivity index (χ0v) is 23.6. The molecule has 0 radical (unpaired) electrons. The topological polar surface area (TPSA) is 77.7 Å². The number of hydrogen-bond donors (Lipinski definition) is 2. The Morgan fingerprint density at radius 2 is 1.78 bits per heavy atom. The number of carbonyl (C=O) groups is 1. The number of thiol groups is 1. The lowest BCUT2D eigenvalue weighted by molar-refractivity contribution is -0.134. The van der Waals surface area contributed by atoms with Gasteiger partial charge in [0.05, 0.1) is 26.0 Å². The first-order valence-corrected chi connectivity index (χ1v) is 14.7. The van der Waals surface area contributed by atoms with Gasteiger partial charge in [-0.25, -0.2) is 4.39 Å². The maximum atomic E-state index is 14.1. The van der Waals surface area contributed by atoms with Crippen molar-refractivity contribution in [2.24, 2.45) is 0 Å². The van der Waals surface area contributed by atoms with E-state index in [2.05, 4.69) is 56.5 Å². The molecule has 3 aromatic carbocycles. The van der Waals surface area contributed by atoms with Gasteiger partial charge >= 0.3 is 0 Å². The highest BCUT2D eigenvalue weighted by molar-refractivity contribution is 7.80. The van der Waals surface area contributed by atoms with E-state index in [1.807, 2.05) is 4.90 Å². The Morgan fingerprint density at radius 3 is 2.51 bits per heavy atom. The third-order valence-electron chi connectivity index (χ3n) is 9.23. The van der Waals surface area contributed by atoms with Gasteiger partial charge in [-0.2, -0.15) is 12.6 Å². The molecular weight excluding hydrogens is 539 g/mol. The summed E-state index contributed by atoms with van der Waals surface area (Å²) < 4.78 is 15.5.